The molecule has 110 valence electrons. The molecular weight excluding hydrogens is 268 g/mol. The number of rotatable bonds is 5. The fourth-order valence-corrected chi connectivity index (χ4v) is 2.25. The summed E-state index contributed by atoms with van der Waals surface area (Å²) in [4.78, 5) is 10.3. The summed E-state index contributed by atoms with van der Waals surface area (Å²) >= 11 is 0. The third-order valence-electron chi connectivity index (χ3n) is 3.50. The number of nitrogens with one attached hydrogen (secondary N) is 1. The first-order chi connectivity index (χ1) is 10.0. The van der Waals surface area contributed by atoms with Crippen LogP contribution in [0.2, 0.25) is 0 Å². The van der Waals surface area contributed by atoms with Crippen molar-refractivity contribution in [2.24, 2.45) is 0 Å². The van der Waals surface area contributed by atoms with Gasteiger partial charge in [0.15, 0.2) is 0 Å². The molecule has 0 radical (unpaired) electrons. The van der Waals surface area contributed by atoms with Crippen molar-refractivity contribution in [3.8, 4) is 5.75 Å². The summed E-state index contributed by atoms with van der Waals surface area (Å²) in [6.07, 6.45) is 0. The van der Waals surface area contributed by atoms with Crippen LogP contribution in [0.1, 0.15) is 16.7 Å². The number of hydrogen-bond acceptors (Lipinski definition) is 4. The van der Waals surface area contributed by atoms with Crippen molar-refractivity contribution in [2.45, 2.75) is 20.4 Å². The van der Waals surface area contributed by atoms with E-state index < -0.39 is 4.92 Å². The Hall–Kier alpha value is -2.56. The summed E-state index contributed by atoms with van der Waals surface area (Å²) in [5, 5.41) is 14.1. The molecule has 5 heteroatoms. The lowest BCUT2D eigenvalue weighted by atomic mass is 10.0. The molecule has 0 aliphatic carbocycles. The molecule has 21 heavy (non-hydrogen) atoms. The van der Waals surface area contributed by atoms with Crippen LogP contribution in [0.5, 0.6) is 5.75 Å². The van der Waals surface area contributed by atoms with Gasteiger partial charge in [-0.1, -0.05) is 18.2 Å². The summed E-state index contributed by atoms with van der Waals surface area (Å²) in [6.45, 7) is 4.78. The van der Waals surface area contributed by atoms with E-state index in [9.17, 15) is 10.1 Å². The Morgan fingerprint density at radius 3 is 2.43 bits per heavy atom. The minimum Gasteiger partial charge on any atom is -0.494 e. The quantitative estimate of drug-likeness (QED) is 0.670. The molecule has 5 nitrogen and oxygen atoms in total. The maximum atomic E-state index is 10.8. The van der Waals surface area contributed by atoms with E-state index >= 15 is 0 Å². The summed E-state index contributed by atoms with van der Waals surface area (Å²) < 4.78 is 5.22. The van der Waals surface area contributed by atoms with Crippen molar-refractivity contribution in [2.75, 3.05) is 12.4 Å². The van der Waals surface area contributed by atoms with Crippen molar-refractivity contribution < 1.29 is 9.66 Å². The van der Waals surface area contributed by atoms with Gasteiger partial charge < -0.3 is 10.1 Å². The Balaban J connectivity index is 2.22. The van der Waals surface area contributed by atoms with Crippen molar-refractivity contribution in [3.63, 3.8) is 0 Å². The maximum absolute atomic E-state index is 10.8. The Bertz CT molecular complexity index is 648. The van der Waals surface area contributed by atoms with E-state index in [1.807, 2.05) is 6.07 Å². The summed E-state index contributed by atoms with van der Waals surface area (Å²) in [5.74, 6) is 0.468. The van der Waals surface area contributed by atoms with Gasteiger partial charge in [-0.15, -0.1) is 0 Å². The van der Waals surface area contributed by atoms with Gasteiger partial charge in [-0.2, -0.15) is 0 Å². The zero-order valence-corrected chi connectivity index (χ0v) is 12.3. The molecule has 0 heterocycles. The molecule has 0 aromatic heterocycles. The minimum absolute atomic E-state index is 0.0180. The first-order valence-corrected chi connectivity index (χ1v) is 6.64. The summed E-state index contributed by atoms with van der Waals surface area (Å²) in [6, 6.07) is 10.7. The van der Waals surface area contributed by atoms with Crippen LogP contribution in [-0.2, 0) is 6.54 Å². The molecule has 0 unspecified atom stereocenters. The average molecular weight is 286 g/mol. The Morgan fingerprint density at radius 1 is 1.19 bits per heavy atom. The van der Waals surface area contributed by atoms with Gasteiger partial charge in [0.25, 0.3) is 5.69 Å². The van der Waals surface area contributed by atoms with Gasteiger partial charge >= 0.3 is 0 Å². The van der Waals surface area contributed by atoms with Crippen LogP contribution in [0.4, 0.5) is 11.4 Å². The monoisotopic (exact) mass is 286 g/mol. The van der Waals surface area contributed by atoms with Gasteiger partial charge in [-0.3, -0.25) is 10.1 Å². The molecule has 0 spiro atoms. The lowest BCUT2D eigenvalue weighted by Crippen LogP contribution is -2.05. The largest absolute Gasteiger partial charge is 0.494 e. The SMILES string of the molecule is COc1cc([N+](=O)[O-])ccc1NCc1c(C)cccc1C. The van der Waals surface area contributed by atoms with Crippen LogP contribution in [0.25, 0.3) is 0 Å². The molecule has 1 N–H and O–H groups in total. The van der Waals surface area contributed by atoms with E-state index in [0.717, 1.165) is 5.69 Å². The molecule has 0 bridgehead atoms. The van der Waals surface area contributed by atoms with Crippen molar-refractivity contribution in [1.29, 1.82) is 0 Å². The van der Waals surface area contributed by atoms with Gasteiger partial charge in [-0.25, -0.2) is 0 Å². The number of nitro benzene ring substituents is 1. The first-order valence-electron chi connectivity index (χ1n) is 6.64. The lowest BCUT2D eigenvalue weighted by Gasteiger charge is -2.14. The second kappa shape index (κ2) is 6.26. The molecule has 2 aromatic carbocycles. The maximum Gasteiger partial charge on any atom is 0.273 e. The lowest BCUT2D eigenvalue weighted by molar-refractivity contribution is -0.384. The topological polar surface area (TPSA) is 64.4 Å². The smallest absolute Gasteiger partial charge is 0.273 e. The normalized spacial score (nSPS) is 10.2. The molecule has 0 atom stereocenters. The average Bonchev–Trinajstić information content (AvgIpc) is 2.46. The molecule has 2 aromatic rings. The van der Waals surface area contributed by atoms with Crippen LogP contribution >= 0.6 is 0 Å². The number of nitrogens with zero attached hydrogens (tertiary/aromatic N) is 1. The third-order valence-corrected chi connectivity index (χ3v) is 3.50. The second-order valence-corrected chi connectivity index (χ2v) is 4.87. The minimum atomic E-state index is -0.433. The van der Waals surface area contributed by atoms with E-state index in [1.54, 1.807) is 6.07 Å². The second-order valence-electron chi connectivity index (χ2n) is 4.87. The zero-order chi connectivity index (χ0) is 15.4. The standard InChI is InChI=1S/C16H18N2O3/c1-11-5-4-6-12(2)14(11)10-17-15-8-7-13(18(19)20)9-16(15)21-3/h4-9,17H,10H2,1-3H3. The Labute approximate surface area is 123 Å². The molecular formula is C16H18N2O3. The molecule has 0 amide bonds. The summed E-state index contributed by atoms with van der Waals surface area (Å²) in [7, 11) is 1.50. The Morgan fingerprint density at radius 2 is 1.86 bits per heavy atom. The predicted molar refractivity (Wildman–Crippen MR) is 82.9 cm³/mol. The molecule has 2 rings (SSSR count). The van der Waals surface area contributed by atoms with Gasteiger partial charge in [0.1, 0.15) is 5.75 Å². The van der Waals surface area contributed by atoms with Crippen LogP contribution in [0.3, 0.4) is 0 Å². The fourth-order valence-electron chi connectivity index (χ4n) is 2.25. The number of hydrogen-bond donors (Lipinski definition) is 1. The van der Waals surface area contributed by atoms with Gasteiger partial charge in [0.2, 0.25) is 0 Å². The highest BCUT2D eigenvalue weighted by Crippen LogP contribution is 2.29. The van der Waals surface area contributed by atoms with Crippen LogP contribution in [0, 0.1) is 24.0 Å². The fraction of sp³-hybridized carbons (Fsp3) is 0.250. The first kappa shape index (κ1) is 14.8. The van der Waals surface area contributed by atoms with Crippen molar-refractivity contribution in [3.05, 3.63) is 63.2 Å². The molecule has 0 saturated carbocycles. The predicted octanol–water partition coefficient (Wildman–Crippen LogP) is 3.83. The van der Waals surface area contributed by atoms with E-state index in [1.165, 1.54) is 35.9 Å². The Kier molecular flexibility index (Phi) is 4.42. The van der Waals surface area contributed by atoms with Crippen molar-refractivity contribution in [1.82, 2.24) is 0 Å². The summed E-state index contributed by atoms with van der Waals surface area (Å²) in [5.41, 5.74) is 4.40. The van der Waals surface area contributed by atoms with E-state index in [0.29, 0.717) is 12.3 Å². The number of non-ortho nitro benzene ring substituents is 1. The molecule has 0 saturated heterocycles. The zero-order valence-electron chi connectivity index (χ0n) is 12.3. The highest BCUT2D eigenvalue weighted by atomic mass is 16.6. The molecule has 0 aliphatic rings. The highest BCUT2D eigenvalue weighted by Gasteiger charge is 2.11. The highest BCUT2D eigenvalue weighted by molar-refractivity contribution is 5.61. The number of anilines is 1. The number of nitro groups is 1. The van der Waals surface area contributed by atoms with Gasteiger partial charge in [-0.05, 0) is 36.6 Å². The third kappa shape index (κ3) is 3.31. The van der Waals surface area contributed by atoms with E-state index in [-0.39, 0.29) is 5.69 Å². The van der Waals surface area contributed by atoms with Gasteiger partial charge in [0, 0.05) is 12.6 Å². The van der Waals surface area contributed by atoms with Gasteiger partial charge in [0.05, 0.1) is 23.8 Å². The number of methoxy groups -OCH3 is 1. The van der Waals surface area contributed by atoms with Crippen LogP contribution in [0.15, 0.2) is 36.4 Å². The van der Waals surface area contributed by atoms with Crippen LogP contribution in [-0.4, -0.2) is 12.0 Å². The molecule has 0 fully saturated rings. The molecule has 0 aliphatic heterocycles. The van der Waals surface area contributed by atoms with Crippen LogP contribution < -0.4 is 10.1 Å². The van der Waals surface area contributed by atoms with Crippen molar-refractivity contribution >= 4 is 11.4 Å². The number of benzene rings is 2. The van der Waals surface area contributed by atoms with E-state index in [4.69, 9.17) is 4.74 Å². The number of ether oxygens (including phenoxy) is 1. The van der Waals surface area contributed by atoms with E-state index in [2.05, 4.69) is 31.3 Å². The number of aryl methyl sites for hydroxylation is 2.